The second kappa shape index (κ2) is 12.9. The smallest absolute Gasteiger partial charge is 0.264 e. The van der Waals surface area contributed by atoms with Crippen LogP contribution in [-0.2, 0) is 26.2 Å². The molecule has 3 aromatic carbocycles. The lowest BCUT2D eigenvalue weighted by Gasteiger charge is -2.32. The topological polar surface area (TPSA) is 86.8 Å². The average Bonchev–Trinajstić information content (AvgIpc) is 2.89. The van der Waals surface area contributed by atoms with E-state index in [2.05, 4.69) is 5.32 Å². The molecule has 2 amide bonds. The van der Waals surface area contributed by atoms with Crippen LogP contribution >= 0.6 is 0 Å². The molecule has 1 N–H and O–H groups in total. The number of nitrogens with zero attached hydrogens (tertiary/aromatic N) is 2. The Morgan fingerprint density at radius 1 is 0.846 bits per heavy atom. The highest BCUT2D eigenvalue weighted by atomic mass is 32.2. The van der Waals surface area contributed by atoms with Gasteiger partial charge in [0, 0.05) is 12.6 Å². The van der Waals surface area contributed by atoms with Crippen molar-refractivity contribution in [2.75, 3.05) is 10.8 Å². The summed E-state index contributed by atoms with van der Waals surface area (Å²) in [6, 6.07) is 20.4. The summed E-state index contributed by atoms with van der Waals surface area (Å²) in [7, 11) is -4.08. The molecule has 0 aliphatic rings. The quantitative estimate of drug-likeness (QED) is 0.359. The second-order valence-corrected chi connectivity index (χ2v) is 12.0. The molecule has 0 aliphatic carbocycles. The van der Waals surface area contributed by atoms with E-state index in [1.807, 2.05) is 65.0 Å². The summed E-state index contributed by atoms with van der Waals surface area (Å²) in [6.07, 6.45) is 0.750. The van der Waals surface area contributed by atoms with E-state index in [0.717, 1.165) is 33.0 Å². The molecule has 0 radical (unpaired) electrons. The fourth-order valence-electron chi connectivity index (χ4n) is 4.40. The van der Waals surface area contributed by atoms with E-state index in [4.69, 9.17) is 0 Å². The molecule has 2 atom stereocenters. The van der Waals surface area contributed by atoms with Crippen molar-refractivity contribution in [1.29, 1.82) is 0 Å². The first-order valence-corrected chi connectivity index (χ1v) is 14.7. The molecule has 0 bridgehead atoms. The van der Waals surface area contributed by atoms with Crippen LogP contribution in [0.1, 0.15) is 49.4 Å². The second-order valence-electron chi connectivity index (χ2n) is 10.2. The monoisotopic (exact) mass is 549 g/mol. The Kier molecular flexibility index (Phi) is 9.92. The van der Waals surface area contributed by atoms with Gasteiger partial charge in [-0.2, -0.15) is 0 Å². The van der Waals surface area contributed by atoms with Gasteiger partial charge in [0.15, 0.2) is 0 Å². The van der Waals surface area contributed by atoms with E-state index in [1.54, 1.807) is 37.3 Å². The first-order valence-electron chi connectivity index (χ1n) is 13.2. The zero-order chi connectivity index (χ0) is 28.7. The van der Waals surface area contributed by atoms with Crippen molar-refractivity contribution in [3.63, 3.8) is 0 Å². The van der Waals surface area contributed by atoms with E-state index < -0.39 is 28.5 Å². The van der Waals surface area contributed by atoms with Crippen molar-refractivity contribution in [2.24, 2.45) is 0 Å². The number of nitrogens with one attached hydrogen (secondary N) is 1. The largest absolute Gasteiger partial charge is 0.352 e. The van der Waals surface area contributed by atoms with E-state index in [9.17, 15) is 18.0 Å². The maximum atomic E-state index is 14.0. The minimum atomic E-state index is -4.08. The maximum absolute atomic E-state index is 14.0. The standard InChI is InChI=1S/C31H39N3O4S/c1-7-25(5)32-31(36)26(6)33(20-27-13-11-12-22(2)17-27)30(35)21-34(28-18-23(3)16-24(4)19-28)39(37,38)29-14-9-8-10-15-29/h8-19,25-26H,7,20-21H2,1-6H3,(H,32,36)/t25-,26+/m1/s1. The van der Waals surface area contributed by atoms with Crippen LogP contribution in [0.5, 0.6) is 0 Å². The van der Waals surface area contributed by atoms with Gasteiger partial charge in [0.25, 0.3) is 10.0 Å². The zero-order valence-electron chi connectivity index (χ0n) is 23.6. The number of benzene rings is 3. The SMILES string of the molecule is CC[C@@H](C)NC(=O)[C@H](C)N(Cc1cccc(C)c1)C(=O)CN(c1cc(C)cc(C)c1)S(=O)(=O)c1ccccc1. The molecular formula is C31H39N3O4S. The highest BCUT2D eigenvalue weighted by Crippen LogP contribution is 2.26. The number of rotatable bonds is 11. The molecule has 7 nitrogen and oxygen atoms in total. The number of carbonyl (C=O) groups excluding carboxylic acids is 2. The lowest BCUT2D eigenvalue weighted by Crippen LogP contribution is -2.52. The first kappa shape index (κ1) is 29.9. The molecule has 0 saturated heterocycles. The van der Waals surface area contributed by atoms with Crippen LogP contribution in [0.4, 0.5) is 5.69 Å². The molecule has 39 heavy (non-hydrogen) atoms. The molecule has 0 spiro atoms. The van der Waals surface area contributed by atoms with Gasteiger partial charge in [-0.15, -0.1) is 0 Å². The molecule has 0 heterocycles. The Balaban J connectivity index is 2.05. The fourth-order valence-corrected chi connectivity index (χ4v) is 5.82. The molecule has 3 aromatic rings. The molecule has 0 saturated carbocycles. The third-order valence-electron chi connectivity index (χ3n) is 6.71. The van der Waals surface area contributed by atoms with Crippen molar-refractivity contribution in [2.45, 2.75) is 71.5 Å². The summed E-state index contributed by atoms with van der Waals surface area (Å²) in [5, 5.41) is 2.95. The molecule has 0 fully saturated rings. The Morgan fingerprint density at radius 3 is 2.08 bits per heavy atom. The number of carbonyl (C=O) groups is 2. The van der Waals surface area contributed by atoms with E-state index in [0.29, 0.717) is 5.69 Å². The Morgan fingerprint density at radius 2 is 1.49 bits per heavy atom. The number of amides is 2. The van der Waals surface area contributed by atoms with Crippen LogP contribution in [0.3, 0.4) is 0 Å². The molecule has 3 rings (SSSR count). The third kappa shape index (κ3) is 7.69. The highest BCUT2D eigenvalue weighted by Gasteiger charge is 2.33. The molecule has 0 unspecified atom stereocenters. The lowest BCUT2D eigenvalue weighted by atomic mass is 10.1. The van der Waals surface area contributed by atoms with Gasteiger partial charge in [-0.05, 0) is 82.0 Å². The summed E-state index contributed by atoms with van der Waals surface area (Å²) >= 11 is 0. The summed E-state index contributed by atoms with van der Waals surface area (Å²) in [6.45, 7) is 11.0. The van der Waals surface area contributed by atoms with Gasteiger partial charge < -0.3 is 10.2 Å². The number of sulfonamides is 1. The van der Waals surface area contributed by atoms with Crippen LogP contribution < -0.4 is 9.62 Å². The Labute approximate surface area is 232 Å². The number of hydrogen-bond acceptors (Lipinski definition) is 4. The van der Waals surface area contributed by atoms with Gasteiger partial charge in [-0.25, -0.2) is 8.42 Å². The van der Waals surface area contributed by atoms with Crippen molar-refractivity contribution >= 4 is 27.5 Å². The van der Waals surface area contributed by atoms with Gasteiger partial charge in [-0.3, -0.25) is 13.9 Å². The van der Waals surface area contributed by atoms with Crippen molar-refractivity contribution in [3.05, 3.63) is 95.1 Å². The third-order valence-corrected chi connectivity index (χ3v) is 8.50. The van der Waals surface area contributed by atoms with Gasteiger partial charge in [-0.1, -0.05) is 61.0 Å². The van der Waals surface area contributed by atoms with E-state index in [1.165, 1.54) is 17.0 Å². The molecule has 0 aromatic heterocycles. The summed E-state index contributed by atoms with van der Waals surface area (Å²) in [5.74, 6) is -0.754. The van der Waals surface area contributed by atoms with Gasteiger partial charge in [0.05, 0.1) is 10.6 Å². The summed E-state index contributed by atoms with van der Waals surface area (Å²) < 4.78 is 28.9. The van der Waals surface area contributed by atoms with E-state index >= 15 is 0 Å². The minimum absolute atomic E-state index is 0.0545. The summed E-state index contributed by atoms with van der Waals surface area (Å²) in [5.41, 5.74) is 4.04. The fraction of sp³-hybridized carbons (Fsp3) is 0.355. The maximum Gasteiger partial charge on any atom is 0.264 e. The molecular weight excluding hydrogens is 510 g/mol. The lowest BCUT2D eigenvalue weighted by molar-refractivity contribution is -0.139. The normalized spacial score (nSPS) is 12.9. The number of aryl methyl sites for hydroxylation is 3. The van der Waals surface area contributed by atoms with Crippen molar-refractivity contribution in [3.8, 4) is 0 Å². The zero-order valence-corrected chi connectivity index (χ0v) is 24.5. The molecule has 0 aliphatic heterocycles. The number of anilines is 1. The van der Waals surface area contributed by atoms with Crippen LogP contribution in [0.15, 0.2) is 77.7 Å². The predicted octanol–water partition coefficient (Wildman–Crippen LogP) is 5.14. The van der Waals surface area contributed by atoms with Gasteiger partial charge in [0.1, 0.15) is 12.6 Å². The van der Waals surface area contributed by atoms with Crippen LogP contribution in [0, 0.1) is 20.8 Å². The summed E-state index contributed by atoms with van der Waals surface area (Å²) in [4.78, 5) is 28.7. The predicted molar refractivity (Wildman–Crippen MR) is 156 cm³/mol. The number of hydrogen-bond donors (Lipinski definition) is 1. The van der Waals surface area contributed by atoms with Crippen molar-refractivity contribution in [1.82, 2.24) is 10.2 Å². The van der Waals surface area contributed by atoms with Crippen LogP contribution in [-0.4, -0.2) is 43.8 Å². The van der Waals surface area contributed by atoms with Gasteiger partial charge >= 0.3 is 0 Å². The van der Waals surface area contributed by atoms with Crippen LogP contribution in [0.2, 0.25) is 0 Å². The highest BCUT2D eigenvalue weighted by molar-refractivity contribution is 7.92. The average molecular weight is 550 g/mol. The van der Waals surface area contributed by atoms with Crippen LogP contribution in [0.25, 0.3) is 0 Å². The Bertz CT molecular complexity index is 1390. The Hall–Kier alpha value is -3.65. The van der Waals surface area contributed by atoms with Gasteiger partial charge in [0.2, 0.25) is 11.8 Å². The van der Waals surface area contributed by atoms with Crippen molar-refractivity contribution < 1.29 is 18.0 Å². The molecule has 208 valence electrons. The minimum Gasteiger partial charge on any atom is -0.352 e. The first-order chi connectivity index (χ1) is 18.4. The molecule has 8 heteroatoms. The van der Waals surface area contributed by atoms with E-state index in [-0.39, 0.29) is 23.4 Å².